The summed E-state index contributed by atoms with van der Waals surface area (Å²) in [4.78, 5) is 18.0. The van der Waals surface area contributed by atoms with Crippen molar-refractivity contribution in [3.8, 4) is 34.0 Å². The van der Waals surface area contributed by atoms with Crippen LogP contribution in [0.3, 0.4) is 0 Å². The molecule has 0 aliphatic rings. The molecular weight excluding hydrogens is 578 g/mol. The van der Waals surface area contributed by atoms with Crippen LogP contribution in [0.25, 0.3) is 66.4 Å². The second-order valence-electron chi connectivity index (χ2n) is 10.2. The highest BCUT2D eigenvalue weighted by Gasteiger charge is 2.11. The van der Waals surface area contributed by atoms with Crippen LogP contribution in [-0.2, 0) is 7.05 Å². The Labute approximate surface area is 254 Å². The minimum atomic E-state index is -0.425. The van der Waals surface area contributed by atoms with Crippen molar-refractivity contribution >= 4 is 43.9 Å². The molecule has 0 unspecified atom stereocenters. The molecular formula is C33H24F2N8O2. The van der Waals surface area contributed by atoms with Gasteiger partial charge in [0.2, 0.25) is 0 Å². The molecule has 8 aromatic rings. The average molecular weight is 603 g/mol. The molecule has 4 heterocycles. The molecule has 12 heteroatoms. The van der Waals surface area contributed by atoms with E-state index in [0.717, 1.165) is 43.9 Å². The van der Waals surface area contributed by atoms with Gasteiger partial charge in [0.15, 0.2) is 23.1 Å². The lowest BCUT2D eigenvalue weighted by Crippen LogP contribution is -1.93. The number of aryl methyl sites for hydroxylation is 1. The van der Waals surface area contributed by atoms with E-state index in [1.165, 1.54) is 26.4 Å². The summed E-state index contributed by atoms with van der Waals surface area (Å²) < 4.78 is 39.4. The fourth-order valence-electron chi connectivity index (χ4n) is 5.04. The first-order valence-corrected chi connectivity index (χ1v) is 13.8. The number of nitrogens with zero attached hydrogens (tertiary/aromatic N) is 7. The van der Waals surface area contributed by atoms with Crippen LogP contribution in [0.2, 0.25) is 0 Å². The number of halogens is 2. The quantitative estimate of drug-likeness (QED) is 0.238. The third-order valence-electron chi connectivity index (χ3n) is 7.41. The van der Waals surface area contributed by atoms with E-state index < -0.39 is 11.6 Å². The van der Waals surface area contributed by atoms with Crippen molar-refractivity contribution in [2.75, 3.05) is 14.2 Å². The number of H-pyrrole nitrogens is 1. The molecule has 0 atom stereocenters. The third-order valence-corrected chi connectivity index (χ3v) is 7.41. The third kappa shape index (κ3) is 5.22. The molecule has 0 spiro atoms. The van der Waals surface area contributed by atoms with Gasteiger partial charge < -0.3 is 9.47 Å². The molecule has 0 amide bonds. The van der Waals surface area contributed by atoms with E-state index >= 15 is 0 Å². The van der Waals surface area contributed by atoms with Gasteiger partial charge in [0, 0.05) is 28.9 Å². The smallest absolute Gasteiger partial charge is 0.165 e. The molecule has 10 nitrogen and oxygen atoms in total. The fraction of sp³-hybridized carbons (Fsp3) is 0.0909. The van der Waals surface area contributed by atoms with Crippen LogP contribution in [0.4, 0.5) is 8.78 Å². The number of ether oxygens (including phenoxy) is 2. The van der Waals surface area contributed by atoms with Gasteiger partial charge in [0.05, 0.1) is 83.5 Å². The second-order valence-corrected chi connectivity index (χ2v) is 10.2. The molecule has 0 bridgehead atoms. The maximum absolute atomic E-state index is 13.9. The number of hydrogen-bond acceptors (Lipinski definition) is 8. The summed E-state index contributed by atoms with van der Waals surface area (Å²) in [6, 6.07) is 17.2. The molecule has 4 aromatic carbocycles. The van der Waals surface area contributed by atoms with E-state index in [2.05, 4.69) is 35.2 Å². The van der Waals surface area contributed by atoms with E-state index in [4.69, 9.17) is 9.47 Å². The van der Waals surface area contributed by atoms with Gasteiger partial charge in [-0.15, -0.1) is 0 Å². The van der Waals surface area contributed by atoms with Gasteiger partial charge in [-0.1, -0.05) is 0 Å². The predicted molar refractivity (Wildman–Crippen MR) is 167 cm³/mol. The standard InChI is InChI=1S/C17H13FN4O.C16H11FN4O/c1-22-16-7-14-13(6-11(16)8-20-22)19-9-15(21-14)10-3-4-17(23-2)12(18)5-10;1-22-16-3-2-9(4-11(16)17)15-8-18-13-5-10-7-19-21-12(10)6-14(13)20-15/h3-9H,1-2H3;2-8H,1H3,(H,19,21). The summed E-state index contributed by atoms with van der Waals surface area (Å²) in [6.45, 7) is 0. The van der Waals surface area contributed by atoms with Crippen LogP contribution in [0.15, 0.2) is 85.5 Å². The van der Waals surface area contributed by atoms with Crippen LogP contribution in [0, 0.1) is 11.6 Å². The zero-order chi connectivity index (χ0) is 31.1. The molecule has 0 radical (unpaired) electrons. The predicted octanol–water partition coefficient (Wildman–Crippen LogP) is 6.65. The Bertz CT molecular complexity index is 2370. The number of benzene rings is 4. The van der Waals surface area contributed by atoms with E-state index in [0.29, 0.717) is 22.5 Å². The number of fused-ring (bicyclic) bond motifs is 4. The topological polar surface area (TPSA) is 117 Å². The lowest BCUT2D eigenvalue weighted by atomic mass is 10.1. The number of nitrogens with one attached hydrogen (secondary N) is 1. The van der Waals surface area contributed by atoms with Crippen molar-refractivity contribution < 1.29 is 18.3 Å². The van der Waals surface area contributed by atoms with Gasteiger partial charge in [-0.2, -0.15) is 10.2 Å². The fourth-order valence-corrected chi connectivity index (χ4v) is 5.04. The monoisotopic (exact) mass is 602 g/mol. The SMILES string of the molecule is COc1ccc(-c2cnc3cc4cn[nH]c4cc3n2)cc1F.COc1ccc(-c2cnc3cc4cnn(C)c4cc3n2)cc1F. The van der Waals surface area contributed by atoms with Crippen molar-refractivity contribution in [1.29, 1.82) is 0 Å². The largest absolute Gasteiger partial charge is 0.494 e. The zero-order valence-electron chi connectivity index (χ0n) is 24.3. The number of rotatable bonds is 4. The maximum Gasteiger partial charge on any atom is 0.165 e. The Morgan fingerprint density at radius 2 is 1.22 bits per heavy atom. The zero-order valence-corrected chi connectivity index (χ0v) is 24.3. The number of aromatic nitrogens is 8. The first kappa shape index (κ1) is 27.8. The highest BCUT2D eigenvalue weighted by Crippen LogP contribution is 2.28. The van der Waals surface area contributed by atoms with Gasteiger partial charge in [-0.25, -0.2) is 18.7 Å². The van der Waals surface area contributed by atoms with Gasteiger partial charge in [0.25, 0.3) is 0 Å². The molecule has 8 rings (SSSR count). The summed E-state index contributed by atoms with van der Waals surface area (Å²) in [5.74, 6) is -0.435. The lowest BCUT2D eigenvalue weighted by Gasteiger charge is -2.06. The molecule has 0 saturated carbocycles. The molecule has 45 heavy (non-hydrogen) atoms. The van der Waals surface area contributed by atoms with Crippen LogP contribution in [-0.4, -0.2) is 54.1 Å². The summed E-state index contributed by atoms with van der Waals surface area (Å²) in [5, 5.41) is 13.1. The molecule has 0 aliphatic carbocycles. The Morgan fingerprint density at radius 3 is 1.80 bits per heavy atom. The van der Waals surface area contributed by atoms with E-state index in [-0.39, 0.29) is 11.5 Å². The van der Waals surface area contributed by atoms with Crippen LogP contribution >= 0.6 is 0 Å². The van der Waals surface area contributed by atoms with Gasteiger partial charge in [-0.3, -0.25) is 19.7 Å². The van der Waals surface area contributed by atoms with Gasteiger partial charge >= 0.3 is 0 Å². The number of aromatic amines is 1. The average Bonchev–Trinajstić information content (AvgIpc) is 3.67. The van der Waals surface area contributed by atoms with Crippen molar-refractivity contribution in [3.63, 3.8) is 0 Å². The van der Waals surface area contributed by atoms with Crippen molar-refractivity contribution in [3.05, 3.63) is 97.1 Å². The first-order valence-electron chi connectivity index (χ1n) is 13.8. The second kappa shape index (κ2) is 11.2. The highest BCUT2D eigenvalue weighted by atomic mass is 19.1. The van der Waals surface area contributed by atoms with Crippen LogP contribution in [0.1, 0.15) is 0 Å². The summed E-state index contributed by atoms with van der Waals surface area (Å²) in [6.07, 6.45) is 6.81. The molecule has 0 aliphatic heterocycles. The number of hydrogen-bond donors (Lipinski definition) is 1. The Balaban J connectivity index is 0.000000145. The van der Waals surface area contributed by atoms with Crippen LogP contribution in [0.5, 0.6) is 11.5 Å². The van der Waals surface area contributed by atoms with Gasteiger partial charge in [0.1, 0.15) is 0 Å². The Kier molecular flexibility index (Phi) is 6.93. The summed E-state index contributed by atoms with van der Waals surface area (Å²) in [7, 11) is 4.75. The summed E-state index contributed by atoms with van der Waals surface area (Å²) in [5.41, 5.74) is 7.41. The van der Waals surface area contributed by atoms with Crippen molar-refractivity contribution in [2.24, 2.45) is 7.05 Å². The Hall–Kier alpha value is -6.04. The van der Waals surface area contributed by atoms with Crippen LogP contribution < -0.4 is 9.47 Å². The van der Waals surface area contributed by atoms with E-state index in [1.807, 2.05) is 31.3 Å². The Morgan fingerprint density at radius 1 is 0.644 bits per heavy atom. The minimum absolute atomic E-state index is 0.205. The van der Waals surface area contributed by atoms with Crippen molar-refractivity contribution in [1.82, 2.24) is 39.9 Å². The molecule has 222 valence electrons. The highest BCUT2D eigenvalue weighted by molar-refractivity contribution is 5.94. The molecule has 4 aromatic heterocycles. The lowest BCUT2D eigenvalue weighted by molar-refractivity contribution is 0.386. The maximum atomic E-state index is 13.9. The normalized spacial score (nSPS) is 11.2. The molecule has 1 N–H and O–H groups in total. The first-order chi connectivity index (χ1) is 21.9. The summed E-state index contributed by atoms with van der Waals surface area (Å²) >= 11 is 0. The van der Waals surface area contributed by atoms with Crippen molar-refractivity contribution in [2.45, 2.75) is 0 Å². The van der Waals surface area contributed by atoms with E-state index in [1.54, 1.807) is 53.7 Å². The minimum Gasteiger partial charge on any atom is -0.494 e. The van der Waals surface area contributed by atoms with E-state index in [9.17, 15) is 8.78 Å². The molecule has 0 fully saturated rings. The molecule has 0 saturated heterocycles. The number of methoxy groups -OCH3 is 2. The van der Waals surface area contributed by atoms with Gasteiger partial charge in [-0.05, 0) is 60.7 Å².